The second-order valence-electron chi connectivity index (χ2n) is 5.08. The van der Waals surface area contributed by atoms with Gasteiger partial charge in [-0.15, -0.1) is 0 Å². The first-order valence-electron chi connectivity index (χ1n) is 6.15. The number of aliphatic hydroxyl groups excluding tert-OH is 1. The molecule has 3 heteroatoms. The molecule has 2 heterocycles. The molecule has 3 rings (SSSR count). The van der Waals surface area contributed by atoms with Gasteiger partial charge in [0.25, 0.3) is 0 Å². The predicted molar refractivity (Wildman–Crippen MR) is 63.3 cm³/mol. The van der Waals surface area contributed by atoms with Gasteiger partial charge in [0.05, 0.1) is 6.10 Å². The Bertz CT molecular complexity index is 391. The molecule has 1 aliphatic carbocycles. The number of piperidine rings is 1. The third kappa shape index (κ3) is 1.50. The first-order valence-corrected chi connectivity index (χ1v) is 6.15. The summed E-state index contributed by atoms with van der Waals surface area (Å²) >= 11 is 0. The summed E-state index contributed by atoms with van der Waals surface area (Å²) in [6.45, 7) is 2.94. The molecule has 0 radical (unpaired) electrons. The van der Waals surface area contributed by atoms with Crippen LogP contribution in [-0.4, -0.2) is 22.7 Å². The third-order valence-corrected chi connectivity index (χ3v) is 3.95. The highest BCUT2D eigenvalue weighted by Gasteiger charge is 2.39. The molecule has 2 fully saturated rings. The largest absolute Gasteiger partial charge is 0.389 e. The van der Waals surface area contributed by atoms with Crippen LogP contribution in [0.25, 0.3) is 0 Å². The fraction of sp³-hybridized carbons (Fsp3) is 0.615. The summed E-state index contributed by atoms with van der Waals surface area (Å²) in [7, 11) is 0. The quantitative estimate of drug-likeness (QED) is 0.826. The van der Waals surface area contributed by atoms with Gasteiger partial charge >= 0.3 is 0 Å². The molecule has 1 aromatic heterocycles. The molecule has 0 amide bonds. The van der Waals surface area contributed by atoms with Gasteiger partial charge in [0.15, 0.2) is 0 Å². The number of aliphatic hydroxyl groups is 1. The first kappa shape index (κ1) is 10.1. The number of anilines is 1. The van der Waals surface area contributed by atoms with Crippen LogP contribution in [0.3, 0.4) is 0 Å². The lowest BCUT2D eigenvalue weighted by atomic mass is 10.1. The Kier molecular flexibility index (Phi) is 2.36. The van der Waals surface area contributed by atoms with E-state index in [1.54, 1.807) is 0 Å². The van der Waals surface area contributed by atoms with Gasteiger partial charge in [-0.1, -0.05) is 6.07 Å². The highest BCUT2D eigenvalue weighted by atomic mass is 16.3. The molecule has 2 aliphatic rings. The summed E-state index contributed by atoms with van der Waals surface area (Å²) in [6, 6.07) is 4.55. The Labute approximate surface area is 96.1 Å². The maximum Gasteiger partial charge on any atom is 0.134 e. The lowest BCUT2D eigenvalue weighted by Crippen LogP contribution is -2.33. The van der Waals surface area contributed by atoms with Gasteiger partial charge in [0.2, 0.25) is 0 Å². The molecule has 2 unspecified atom stereocenters. The minimum Gasteiger partial charge on any atom is -0.389 e. The molecule has 1 aliphatic heterocycles. The molecule has 16 heavy (non-hydrogen) atoms. The van der Waals surface area contributed by atoms with E-state index in [1.165, 1.54) is 19.3 Å². The zero-order valence-corrected chi connectivity index (χ0v) is 9.63. The second-order valence-corrected chi connectivity index (χ2v) is 5.08. The monoisotopic (exact) mass is 218 g/mol. The summed E-state index contributed by atoms with van der Waals surface area (Å²) in [5, 5.41) is 9.77. The topological polar surface area (TPSA) is 36.4 Å². The number of hydrogen-bond acceptors (Lipinski definition) is 3. The minimum atomic E-state index is -0.428. The van der Waals surface area contributed by atoms with E-state index in [0.717, 1.165) is 23.8 Å². The van der Waals surface area contributed by atoms with E-state index in [2.05, 4.69) is 9.88 Å². The van der Waals surface area contributed by atoms with Crippen molar-refractivity contribution in [2.24, 2.45) is 5.92 Å². The number of rotatable bonds is 2. The van der Waals surface area contributed by atoms with Gasteiger partial charge in [-0.05, 0) is 38.2 Å². The van der Waals surface area contributed by atoms with Crippen molar-refractivity contribution >= 4 is 5.82 Å². The molecule has 0 spiro atoms. The van der Waals surface area contributed by atoms with E-state index in [1.807, 2.05) is 25.3 Å². The zero-order chi connectivity index (χ0) is 11.1. The van der Waals surface area contributed by atoms with Crippen molar-refractivity contribution in [3.63, 3.8) is 0 Å². The average molecular weight is 218 g/mol. The summed E-state index contributed by atoms with van der Waals surface area (Å²) in [5.41, 5.74) is 0.968. The Morgan fingerprint density at radius 1 is 1.50 bits per heavy atom. The van der Waals surface area contributed by atoms with Gasteiger partial charge in [-0.25, -0.2) is 4.98 Å². The average Bonchev–Trinajstić information content (AvgIpc) is 2.90. The number of pyridine rings is 1. The Morgan fingerprint density at radius 3 is 3.00 bits per heavy atom. The molecule has 2 bridgehead atoms. The van der Waals surface area contributed by atoms with Gasteiger partial charge in [0, 0.05) is 24.3 Å². The highest BCUT2D eigenvalue weighted by molar-refractivity contribution is 5.50. The number of hydrogen-bond donors (Lipinski definition) is 1. The Hall–Kier alpha value is -1.09. The summed E-state index contributed by atoms with van der Waals surface area (Å²) < 4.78 is 0. The second kappa shape index (κ2) is 3.74. The van der Waals surface area contributed by atoms with Crippen molar-refractivity contribution in [1.29, 1.82) is 0 Å². The van der Waals surface area contributed by atoms with Crippen molar-refractivity contribution in [2.75, 3.05) is 11.4 Å². The van der Waals surface area contributed by atoms with Gasteiger partial charge in [0.1, 0.15) is 5.82 Å². The van der Waals surface area contributed by atoms with Crippen molar-refractivity contribution < 1.29 is 5.11 Å². The lowest BCUT2D eigenvalue weighted by Gasteiger charge is -2.30. The zero-order valence-electron chi connectivity index (χ0n) is 9.63. The van der Waals surface area contributed by atoms with Crippen LogP contribution >= 0.6 is 0 Å². The predicted octanol–water partition coefficient (Wildman–Crippen LogP) is 2.12. The molecule has 1 saturated carbocycles. The SMILES string of the molecule is C[C@H](O)c1cccnc1N1CC2CCC1C2. The molecule has 1 aromatic rings. The van der Waals surface area contributed by atoms with Gasteiger partial charge in [-0.2, -0.15) is 0 Å². The normalized spacial score (nSPS) is 29.8. The molecular formula is C13H18N2O. The smallest absolute Gasteiger partial charge is 0.134 e. The van der Waals surface area contributed by atoms with Crippen molar-refractivity contribution in [3.8, 4) is 0 Å². The maximum absolute atomic E-state index is 9.77. The Balaban J connectivity index is 1.94. The summed E-state index contributed by atoms with van der Waals surface area (Å²) in [4.78, 5) is 6.87. The maximum atomic E-state index is 9.77. The van der Waals surface area contributed by atoms with E-state index in [-0.39, 0.29) is 0 Å². The molecule has 0 aromatic carbocycles. The summed E-state index contributed by atoms with van der Waals surface area (Å²) in [5.74, 6) is 1.86. The molecule has 3 nitrogen and oxygen atoms in total. The van der Waals surface area contributed by atoms with Crippen LogP contribution in [0.2, 0.25) is 0 Å². The molecule has 1 N–H and O–H groups in total. The van der Waals surface area contributed by atoms with Crippen LogP contribution in [-0.2, 0) is 0 Å². The van der Waals surface area contributed by atoms with Crippen molar-refractivity contribution in [3.05, 3.63) is 23.9 Å². The fourth-order valence-corrected chi connectivity index (χ4v) is 3.16. The first-order chi connectivity index (χ1) is 7.75. The molecular weight excluding hydrogens is 200 g/mol. The van der Waals surface area contributed by atoms with E-state index in [0.29, 0.717) is 6.04 Å². The standard InChI is InChI=1S/C13H18N2O/c1-9(16)12-3-2-6-14-13(12)15-8-10-4-5-11(15)7-10/h2-3,6,9-11,16H,4-5,7-8H2,1H3/t9-,10?,11?/m0/s1. The van der Waals surface area contributed by atoms with Crippen molar-refractivity contribution in [2.45, 2.75) is 38.3 Å². The Morgan fingerprint density at radius 2 is 2.38 bits per heavy atom. The van der Waals surface area contributed by atoms with Crippen LogP contribution in [0.4, 0.5) is 5.82 Å². The van der Waals surface area contributed by atoms with Crippen LogP contribution in [0.5, 0.6) is 0 Å². The summed E-state index contributed by atoms with van der Waals surface area (Å²) in [6.07, 6.45) is 5.38. The molecule has 3 atom stereocenters. The molecule has 86 valence electrons. The van der Waals surface area contributed by atoms with E-state index in [9.17, 15) is 5.11 Å². The van der Waals surface area contributed by atoms with Crippen LogP contribution < -0.4 is 4.90 Å². The third-order valence-electron chi connectivity index (χ3n) is 3.95. The van der Waals surface area contributed by atoms with E-state index in [4.69, 9.17) is 0 Å². The van der Waals surface area contributed by atoms with Crippen LogP contribution in [0, 0.1) is 5.92 Å². The van der Waals surface area contributed by atoms with E-state index >= 15 is 0 Å². The van der Waals surface area contributed by atoms with Gasteiger partial charge in [-0.3, -0.25) is 0 Å². The van der Waals surface area contributed by atoms with Crippen molar-refractivity contribution in [1.82, 2.24) is 4.98 Å². The fourth-order valence-electron chi connectivity index (χ4n) is 3.16. The number of fused-ring (bicyclic) bond motifs is 2. The number of nitrogens with zero attached hydrogens (tertiary/aromatic N) is 2. The van der Waals surface area contributed by atoms with Gasteiger partial charge < -0.3 is 10.0 Å². The highest BCUT2D eigenvalue weighted by Crippen LogP contribution is 2.41. The number of aromatic nitrogens is 1. The minimum absolute atomic E-state index is 0.428. The van der Waals surface area contributed by atoms with Crippen LogP contribution in [0.15, 0.2) is 18.3 Å². The van der Waals surface area contributed by atoms with E-state index < -0.39 is 6.10 Å². The lowest BCUT2D eigenvalue weighted by molar-refractivity contribution is 0.199. The van der Waals surface area contributed by atoms with Crippen LogP contribution in [0.1, 0.15) is 37.9 Å². The molecule has 1 saturated heterocycles.